The molecule has 1 aliphatic heterocycles. The van der Waals surface area contributed by atoms with E-state index in [0.29, 0.717) is 0 Å². The van der Waals surface area contributed by atoms with Crippen molar-refractivity contribution in [1.82, 2.24) is 5.32 Å². The molecule has 0 aromatic heterocycles. The molecule has 1 saturated heterocycles. The normalized spacial score (nSPS) is 32.5. The van der Waals surface area contributed by atoms with Crippen LogP contribution in [0.5, 0.6) is 0 Å². The molecule has 0 aromatic carbocycles. The molecule has 0 radical (unpaired) electrons. The van der Waals surface area contributed by atoms with E-state index in [1.165, 1.54) is 10.6 Å². The van der Waals surface area contributed by atoms with Crippen LogP contribution >= 0.6 is 11.8 Å². The van der Waals surface area contributed by atoms with Gasteiger partial charge in [-0.15, -0.1) is 11.8 Å². The topological polar surface area (TPSA) is 38.0 Å². The maximum Gasteiger partial charge on any atom is 0.0522 e. The molecule has 0 aromatic rings. The van der Waals surface area contributed by atoms with E-state index in [0.717, 1.165) is 12.3 Å². The number of hydrogen-bond acceptors (Lipinski definition) is 3. The summed E-state index contributed by atoms with van der Waals surface area (Å²) in [6.45, 7) is 3.04. The molecule has 2 rings (SSSR count). The van der Waals surface area contributed by atoms with E-state index >= 15 is 0 Å². The van der Waals surface area contributed by atoms with Gasteiger partial charge < -0.3 is 11.1 Å². The highest BCUT2D eigenvalue weighted by atomic mass is 32.2. The molecular formula is C10H14N2S. The molecule has 1 unspecified atom stereocenters. The third kappa shape index (κ3) is 1.98. The van der Waals surface area contributed by atoms with E-state index in [1.54, 1.807) is 0 Å². The van der Waals surface area contributed by atoms with Crippen LogP contribution in [0, 0.1) is 0 Å². The molecular weight excluding hydrogens is 180 g/mol. The Kier molecular flexibility index (Phi) is 2.22. The Morgan fingerprint density at radius 1 is 1.62 bits per heavy atom. The summed E-state index contributed by atoms with van der Waals surface area (Å²) in [5.74, 6) is 1.14. The first kappa shape index (κ1) is 8.91. The van der Waals surface area contributed by atoms with Crippen LogP contribution in [0.4, 0.5) is 0 Å². The van der Waals surface area contributed by atoms with Crippen LogP contribution in [-0.4, -0.2) is 17.8 Å². The molecule has 2 aliphatic rings. The highest BCUT2D eigenvalue weighted by Crippen LogP contribution is 2.29. The summed E-state index contributed by atoms with van der Waals surface area (Å²) >= 11 is 1.88. The smallest absolute Gasteiger partial charge is 0.0522 e. The number of hydrogen-bond donors (Lipinski definition) is 2. The number of fused-ring (bicyclic) bond motifs is 1. The molecule has 1 atom stereocenters. The number of nitrogens with one attached hydrogen (secondary N) is 1. The van der Waals surface area contributed by atoms with E-state index in [-0.39, 0.29) is 5.54 Å². The molecule has 0 spiro atoms. The van der Waals surface area contributed by atoms with Gasteiger partial charge in [0.25, 0.3) is 0 Å². The highest BCUT2D eigenvalue weighted by molar-refractivity contribution is 8.03. The van der Waals surface area contributed by atoms with Gasteiger partial charge in [-0.2, -0.15) is 0 Å². The van der Waals surface area contributed by atoms with Gasteiger partial charge in [0.1, 0.15) is 0 Å². The van der Waals surface area contributed by atoms with Crippen LogP contribution in [0.15, 0.2) is 34.9 Å². The van der Waals surface area contributed by atoms with Gasteiger partial charge in [-0.25, -0.2) is 0 Å². The standard InChI is InChI=1S/C10H14N2S/c1-10(11)4-2-3-9-8(7-10)12-5-6-13-9/h2-4,7,12H,5-6,11H2,1H3. The number of rotatable bonds is 0. The third-order valence-corrected chi connectivity index (χ3v) is 3.17. The lowest BCUT2D eigenvalue weighted by Crippen LogP contribution is -2.33. The van der Waals surface area contributed by atoms with E-state index in [2.05, 4.69) is 17.5 Å². The molecule has 1 heterocycles. The summed E-state index contributed by atoms with van der Waals surface area (Å²) in [5.41, 5.74) is 6.90. The summed E-state index contributed by atoms with van der Waals surface area (Å²) in [7, 11) is 0. The molecule has 0 amide bonds. The average Bonchev–Trinajstić information content (AvgIpc) is 2.21. The van der Waals surface area contributed by atoms with Crippen molar-refractivity contribution < 1.29 is 0 Å². The zero-order chi connectivity index (χ0) is 9.31. The van der Waals surface area contributed by atoms with Crippen LogP contribution in [0.1, 0.15) is 6.92 Å². The predicted octanol–water partition coefficient (Wildman–Crippen LogP) is 1.38. The largest absolute Gasteiger partial charge is 0.383 e. The maximum atomic E-state index is 6.04. The Morgan fingerprint density at radius 2 is 2.46 bits per heavy atom. The van der Waals surface area contributed by atoms with Gasteiger partial charge in [0.05, 0.1) is 5.54 Å². The highest BCUT2D eigenvalue weighted by Gasteiger charge is 2.19. The number of allylic oxidation sites excluding steroid dienone is 2. The van der Waals surface area contributed by atoms with Gasteiger partial charge in [-0.05, 0) is 19.1 Å². The Bertz CT molecular complexity index is 300. The van der Waals surface area contributed by atoms with Crippen molar-refractivity contribution in [1.29, 1.82) is 0 Å². The second kappa shape index (κ2) is 3.24. The quantitative estimate of drug-likeness (QED) is 0.612. The van der Waals surface area contributed by atoms with Crippen molar-refractivity contribution in [2.75, 3.05) is 12.3 Å². The third-order valence-electron chi connectivity index (χ3n) is 2.10. The molecule has 3 N–H and O–H groups in total. The second-order valence-electron chi connectivity index (χ2n) is 3.59. The molecule has 0 bridgehead atoms. The van der Waals surface area contributed by atoms with Gasteiger partial charge in [-0.1, -0.05) is 12.2 Å². The maximum absolute atomic E-state index is 6.04. The minimum Gasteiger partial charge on any atom is -0.383 e. The van der Waals surface area contributed by atoms with Gasteiger partial charge in [0.15, 0.2) is 0 Å². The van der Waals surface area contributed by atoms with E-state index < -0.39 is 0 Å². The van der Waals surface area contributed by atoms with Crippen molar-refractivity contribution >= 4 is 11.8 Å². The molecule has 1 fully saturated rings. The van der Waals surface area contributed by atoms with Gasteiger partial charge >= 0.3 is 0 Å². The minimum absolute atomic E-state index is 0.321. The van der Waals surface area contributed by atoms with Crippen LogP contribution in [-0.2, 0) is 0 Å². The summed E-state index contributed by atoms with van der Waals surface area (Å²) in [5, 5.41) is 3.37. The average molecular weight is 194 g/mol. The summed E-state index contributed by atoms with van der Waals surface area (Å²) in [6, 6.07) is 0. The molecule has 0 saturated carbocycles. The summed E-state index contributed by atoms with van der Waals surface area (Å²) < 4.78 is 0. The lowest BCUT2D eigenvalue weighted by atomic mass is 10.0. The molecule has 3 heteroatoms. The fourth-order valence-electron chi connectivity index (χ4n) is 1.47. The SMILES string of the molecule is CC1(N)C=CC=C2SCCNC2=C1. The Labute approximate surface area is 83.0 Å². The van der Waals surface area contributed by atoms with Crippen molar-refractivity contribution in [2.45, 2.75) is 12.5 Å². The van der Waals surface area contributed by atoms with Crippen molar-refractivity contribution in [3.8, 4) is 0 Å². The van der Waals surface area contributed by atoms with E-state index in [9.17, 15) is 0 Å². The van der Waals surface area contributed by atoms with Gasteiger partial charge in [0, 0.05) is 22.9 Å². The zero-order valence-electron chi connectivity index (χ0n) is 7.71. The predicted molar refractivity (Wildman–Crippen MR) is 58.4 cm³/mol. The number of thioether (sulfide) groups is 1. The molecule has 13 heavy (non-hydrogen) atoms. The van der Waals surface area contributed by atoms with Crippen LogP contribution in [0.25, 0.3) is 0 Å². The first-order chi connectivity index (χ1) is 6.17. The lowest BCUT2D eigenvalue weighted by Gasteiger charge is -2.22. The Hall–Kier alpha value is -0.670. The van der Waals surface area contributed by atoms with E-state index in [1.807, 2.05) is 30.8 Å². The Morgan fingerprint density at radius 3 is 3.31 bits per heavy atom. The summed E-state index contributed by atoms with van der Waals surface area (Å²) in [4.78, 5) is 1.30. The summed E-state index contributed by atoms with van der Waals surface area (Å²) in [6.07, 6.45) is 8.28. The zero-order valence-corrected chi connectivity index (χ0v) is 8.53. The fourth-order valence-corrected chi connectivity index (χ4v) is 2.36. The minimum atomic E-state index is -0.321. The fraction of sp³-hybridized carbons (Fsp3) is 0.400. The molecule has 1 aliphatic carbocycles. The van der Waals surface area contributed by atoms with E-state index in [4.69, 9.17) is 5.73 Å². The molecule has 2 nitrogen and oxygen atoms in total. The van der Waals surface area contributed by atoms with Crippen molar-refractivity contribution in [2.24, 2.45) is 5.73 Å². The van der Waals surface area contributed by atoms with Gasteiger partial charge in [-0.3, -0.25) is 0 Å². The number of nitrogens with two attached hydrogens (primary N) is 1. The lowest BCUT2D eigenvalue weighted by molar-refractivity contribution is 0.718. The van der Waals surface area contributed by atoms with Crippen LogP contribution in [0.3, 0.4) is 0 Å². The van der Waals surface area contributed by atoms with Crippen molar-refractivity contribution in [3.05, 3.63) is 34.9 Å². The first-order valence-electron chi connectivity index (χ1n) is 4.46. The first-order valence-corrected chi connectivity index (χ1v) is 5.44. The second-order valence-corrected chi connectivity index (χ2v) is 4.73. The van der Waals surface area contributed by atoms with Gasteiger partial charge in [0.2, 0.25) is 0 Å². The van der Waals surface area contributed by atoms with Crippen molar-refractivity contribution in [3.63, 3.8) is 0 Å². The van der Waals surface area contributed by atoms with Crippen LogP contribution < -0.4 is 11.1 Å². The Balaban J connectivity index is 2.34. The van der Waals surface area contributed by atoms with Crippen LogP contribution in [0.2, 0.25) is 0 Å². The monoisotopic (exact) mass is 194 g/mol. The molecule has 70 valence electrons.